The van der Waals surface area contributed by atoms with Crippen LogP contribution in [0.25, 0.3) is 0 Å². The highest BCUT2D eigenvalue weighted by Crippen LogP contribution is 2.35. The van der Waals surface area contributed by atoms with Gasteiger partial charge >= 0.3 is 0 Å². The second-order valence-electron chi connectivity index (χ2n) is 5.28. The van der Waals surface area contributed by atoms with Crippen LogP contribution in [0.4, 0.5) is 0 Å². The molecule has 4 nitrogen and oxygen atoms in total. The number of nitrogens with two attached hydrogens (primary N) is 1. The van der Waals surface area contributed by atoms with Gasteiger partial charge in [-0.3, -0.25) is 11.3 Å². The average molecular weight is 254 g/mol. The smallest absolute Gasteiger partial charge is 0.0829 e. The van der Waals surface area contributed by atoms with Gasteiger partial charge in [0.25, 0.3) is 0 Å². The predicted octanol–water partition coefficient (Wildman–Crippen LogP) is 2.75. The summed E-state index contributed by atoms with van der Waals surface area (Å²) in [5.41, 5.74) is 4.06. The maximum absolute atomic E-state index is 5.71. The van der Waals surface area contributed by atoms with Gasteiger partial charge in [0.1, 0.15) is 0 Å². The second kappa shape index (κ2) is 5.89. The van der Waals surface area contributed by atoms with Crippen molar-refractivity contribution in [3.63, 3.8) is 0 Å². The number of aromatic nitrogens is 2. The lowest BCUT2D eigenvalue weighted by molar-refractivity contribution is 0.401. The van der Waals surface area contributed by atoms with Crippen molar-refractivity contribution in [3.05, 3.63) is 10.6 Å². The Labute approximate surface area is 107 Å². The Bertz CT molecular complexity index is 344. The van der Waals surface area contributed by atoms with Gasteiger partial charge in [-0.2, -0.15) is 0 Å². The van der Waals surface area contributed by atoms with E-state index in [0.29, 0.717) is 5.92 Å². The molecule has 1 unspecified atom stereocenters. The summed E-state index contributed by atoms with van der Waals surface area (Å²) >= 11 is 1.49. The number of hydrogen-bond donors (Lipinski definition) is 2. The molecule has 0 bridgehead atoms. The van der Waals surface area contributed by atoms with Crippen LogP contribution in [-0.2, 0) is 0 Å². The van der Waals surface area contributed by atoms with E-state index in [9.17, 15) is 0 Å². The van der Waals surface area contributed by atoms with Gasteiger partial charge in [0.15, 0.2) is 0 Å². The highest BCUT2D eigenvalue weighted by molar-refractivity contribution is 7.05. The minimum absolute atomic E-state index is 0.232. The Morgan fingerprint density at radius 2 is 2.12 bits per heavy atom. The summed E-state index contributed by atoms with van der Waals surface area (Å²) < 4.78 is 4.08. The van der Waals surface area contributed by atoms with Crippen LogP contribution in [0, 0.1) is 5.92 Å². The van der Waals surface area contributed by atoms with Crippen molar-refractivity contribution in [1.82, 2.24) is 15.0 Å². The average Bonchev–Trinajstić information content (AvgIpc) is 2.96. The molecule has 0 saturated heterocycles. The first-order chi connectivity index (χ1) is 8.22. The quantitative estimate of drug-likeness (QED) is 0.626. The van der Waals surface area contributed by atoms with E-state index in [1.807, 2.05) is 0 Å². The summed E-state index contributed by atoms with van der Waals surface area (Å²) in [6.45, 7) is 4.31. The Kier molecular flexibility index (Phi) is 4.48. The van der Waals surface area contributed by atoms with Crippen molar-refractivity contribution in [2.75, 3.05) is 0 Å². The summed E-state index contributed by atoms with van der Waals surface area (Å²) in [4.78, 5) is 1.23. The molecule has 1 aliphatic carbocycles. The van der Waals surface area contributed by atoms with E-state index in [2.05, 4.69) is 28.9 Å². The zero-order valence-corrected chi connectivity index (χ0v) is 11.5. The van der Waals surface area contributed by atoms with E-state index in [0.717, 1.165) is 18.0 Å². The molecule has 2 rings (SSSR count). The molecule has 1 aromatic rings. The first-order valence-corrected chi connectivity index (χ1v) is 7.28. The van der Waals surface area contributed by atoms with Gasteiger partial charge in [-0.1, -0.05) is 44.0 Å². The first-order valence-electron chi connectivity index (χ1n) is 6.50. The minimum atomic E-state index is 0.232. The van der Waals surface area contributed by atoms with Gasteiger partial charge in [0.2, 0.25) is 0 Å². The van der Waals surface area contributed by atoms with Crippen molar-refractivity contribution in [2.45, 2.75) is 57.9 Å². The van der Waals surface area contributed by atoms with Crippen molar-refractivity contribution in [2.24, 2.45) is 11.8 Å². The molecule has 0 radical (unpaired) electrons. The molecule has 1 atom stereocenters. The molecule has 1 heterocycles. The minimum Gasteiger partial charge on any atom is -0.271 e. The third-order valence-corrected chi connectivity index (χ3v) is 4.50. The number of hydrazine groups is 1. The van der Waals surface area contributed by atoms with E-state index in [-0.39, 0.29) is 6.04 Å². The number of rotatable bonds is 5. The van der Waals surface area contributed by atoms with E-state index in [4.69, 9.17) is 5.84 Å². The molecule has 5 heteroatoms. The maximum atomic E-state index is 5.71. The molecule has 1 fully saturated rings. The molecule has 0 aromatic carbocycles. The fourth-order valence-electron chi connectivity index (χ4n) is 2.68. The van der Waals surface area contributed by atoms with Crippen LogP contribution < -0.4 is 11.3 Å². The van der Waals surface area contributed by atoms with Crippen molar-refractivity contribution in [1.29, 1.82) is 0 Å². The lowest BCUT2D eigenvalue weighted by atomic mass is 9.95. The van der Waals surface area contributed by atoms with Gasteiger partial charge < -0.3 is 0 Å². The third-order valence-electron chi connectivity index (χ3n) is 3.65. The van der Waals surface area contributed by atoms with E-state index in [1.165, 1.54) is 42.1 Å². The summed E-state index contributed by atoms with van der Waals surface area (Å²) in [5.74, 6) is 6.95. The first kappa shape index (κ1) is 12.9. The molecular formula is C12H22N4S. The zero-order valence-electron chi connectivity index (χ0n) is 10.6. The Morgan fingerprint density at radius 1 is 1.41 bits per heavy atom. The van der Waals surface area contributed by atoms with Gasteiger partial charge in [-0.15, -0.1) is 5.10 Å². The van der Waals surface area contributed by atoms with Gasteiger partial charge in [0, 0.05) is 0 Å². The Hall–Kier alpha value is -0.520. The summed E-state index contributed by atoms with van der Waals surface area (Å²) in [5, 5.41) is 4.23. The standard InChI is InChI=1S/C12H22N4S/c1-8(2)11-12(17-16-15-11)10(14-13)7-9-5-3-4-6-9/h8-10,14H,3-7,13H2,1-2H3. The fraction of sp³-hybridized carbons (Fsp3) is 0.833. The number of hydrogen-bond acceptors (Lipinski definition) is 5. The highest BCUT2D eigenvalue weighted by atomic mass is 32.1. The van der Waals surface area contributed by atoms with Gasteiger partial charge in [-0.25, -0.2) is 0 Å². The third kappa shape index (κ3) is 3.03. The largest absolute Gasteiger partial charge is 0.271 e. The van der Waals surface area contributed by atoms with Crippen LogP contribution in [0.1, 0.15) is 68.5 Å². The van der Waals surface area contributed by atoms with Crippen LogP contribution in [0.2, 0.25) is 0 Å². The van der Waals surface area contributed by atoms with E-state index < -0.39 is 0 Å². The summed E-state index contributed by atoms with van der Waals surface area (Å²) in [6, 6.07) is 0.232. The van der Waals surface area contributed by atoms with Crippen LogP contribution in [0.5, 0.6) is 0 Å². The molecule has 1 aromatic heterocycles. The van der Waals surface area contributed by atoms with Crippen molar-refractivity contribution in [3.8, 4) is 0 Å². The van der Waals surface area contributed by atoms with E-state index >= 15 is 0 Å². The summed E-state index contributed by atoms with van der Waals surface area (Å²) in [6.07, 6.45) is 6.57. The van der Waals surface area contributed by atoms with Gasteiger partial charge in [-0.05, 0) is 29.8 Å². The van der Waals surface area contributed by atoms with Crippen LogP contribution >= 0.6 is 11.5 Å². The molecule has 1 saturated carbocycles. The monoisotopic (exact) mass is 254 g/mol. The molecule has 0 aliphatic heterocycles. The lowest BCUT2D eigenvalue weighted by Crippen LogP contribution is -2.29. The molecular weight excluding hydrogens is 232 g/mol. The molecule has 0 spiro atoms. The Balaban J connectivity index is 2.08. The molecule has 96 valence electrons. The molecule has 17 heavy (non-hydrogen) atoms. The van der Waals surface area contributed by atoms with Crippen LogP contribution in [-0.4, -0.2) is 9.59 Å². The topological polar surface area (TPSA) is 63.8 Å². The molecule has 3 N–H and O–H groups in total. The maximum Gasteiger partial charge on any atom is 0.0829 e. The van der Waals surface area contributed by atoms with Crippen LogP contribution in [0.3, 0.4) is 0 Å². The fourth-order valence-corrected chi connectivity index (χ4v) is 3.56. The number of nitrogens with zero attached hydrogens (tertiary/aromatic N) is 2. The number of nitrogens with one attached hydrogen (secondary N) is 1. The SMILES string of the molecule is CC(C)c1nnsc1C(CC1CCCC1)NN. The Morgan fingerprint density at radius 3 is 2.71 bits per heavy atom. The lowest BCUT2D eigenvalue weighted by Gasteiger charge is -2.19. The molecule has 1 aliphatic rings. The van der Waals surface area contributed by atoms with Crippen molar-refractivity contribution < 1.29 is 0 Å². The normalized spacial score (nSPS) is 19.1. The molecule has 0 amide bonds. The van der Waals surface area contributed by atoms with Gasteiger partial charge in [0.05, 0.1) is 16.6 Å². The predicted molar refractivity (Wildman–Crippen MR) is 70.6 cm³/mol. The summed E-state index contributed by atoms with van der Waals surface area (Å²) in [7, 11) is 0. The van der Waals surface area contributed by atoms with E-state index in [1.54, 1.807) is 0 Å². The van der Waals surface area contributed by atoms with Crippen molar-refractivity contribution >= 4 is 11.5 Å². The highest BCUT2D eigenvalue weighted by Gasteiger charge is 2.25. The zero-order chi connectivity index (χ0) is 12.3. The van der Waals surface area contributed by atoms with Crippen LogP contribution in [0.15, 0.2) is 0 Å². The second-order valence-corrected chi connectivity index (χ2v) is 6.07.